The van der Waals surface area contributed by atoms with Gasteiger partial charge < -0.3 is 15.0 Å². The maximum absolute atomic E-state index is 13.8. The normalized spacial score (nSPS) is 18.8. The van der Waals surface area contributed by atoms with Crippen LogP contribution in [0.5, 0.6) is 5.75 Å². The third kappa shape index (κ3) is 5.25. The van der Waals surface area contributed by atoms with Crippen molar-refractivity contribution in [3.63, 3.8) is 0 Å². The molecule has 224 valence electrons. The number of anilines is 2. The van der Waals surface area contributed by atoms with Gasteiger partial charge in [-0.15, -0.1) is 0 Å². The molecule has 0 spiro atoms. The van der Waals surface area contributed by atoms with Crippen LogP contribution in [0.3, 0.4) is 0 Å². The molecular weight excluding hydrogens is 617 g/mol. The van der Waals surface area contributed by atoms with Crippen LogP contribution in [0, 0.1) is 16.0 Å². The minimum absolute atomic E-state index is 0.157. The largest absolute Gasteiger partial charge is 0.484 e. The van der Waals surface area contributed by atoms with Crippen molar-refractivity contribution in [2.45, 2.75) is 16.2 Å². The highest BCUT2D eigenvalue weighted by molar-refractivity contribution is 8.00. The number of thioether (sulfide) groups is 1. The first-order valence-corrected chi connectivity index (χ1v) is 15.5. The molecule has 11 nitrogen and oxygen atoms in total. The van der Waals surface area contributed by atoms with Crippen LogP contribution in [0.1, 0.15) is 16.4 Å². The number of nitrogens with zero attached hydrogens (tertiary/aromatic N) is 2. The zero-order valence-electron chi connectivity index (χ0n) is 23.2. The number of non-ortho nitro benzene ring substituents is 1. The average Bonchev–Trinajstić information content (AvgIpc) is 3.54. The summed E-state index contributed by atoms with van der Waals surface area (Å²) in [5.74, 6) is -2.21. The Labute approximate surface area is 263 Å². The standard InChI is InChI=1S/C32H22N4O7S2/c37-24(33-20-8-5-17-3-1-2-4-19(17)15-20)16-43-23-13-6-18(7-14-23)25-26-28(44-29-27(25)45-32(40)34-29)31(39)35(30(26)38)21-9-11-22(12-10-21)36(41)42/h1-15,25-26,28H,16H2,(H,33,37)(H,34,40)/t25-,26-,28+/m0/s1. The summed E-state index contributed by atoms with van der Waals surface area (Å²) >= 11 is 2.14. The number of nitro benzene ring substituents is 1. The van der Waals surface area contributed by atoms with Crippen LogP contribution in [-0.2, 0) is 14.4 Å². The third-order valence-electron chi connectivity index (χ3n) is 7.79. The first-order valence-electron chi connectivity index (χ1n) is 13.8. The van der Waals surface area contributed by atoms with E-state index < -0.39 is 33.8 Å². The number of rotatable bonds is 7. The lowest BCUT2D eigenvalue weighted by atomic mass is 9.83. The molecule has 0 radical (unpaired) electrons. The molecule has 13 heteroatoms. The molecular formula is C32H22N4O7S2. The second-order valence-corrected chi connectivity index (χ2v) is 12.7. The molecule has 1 fully saturated rings. The van der Waals surface area contributed by atoms with E-state index in [1.807, 2.05) is 42.5 Å². The SMILES string of the molecule is O=C(COc1ccc([C@@H]2c3sc(=O)[nH]c3S[C@H]3C(=O)N(c4ccc([N+](=O)[O-])cc4)C(=O)[C@@H]23)cc1)Nc1ccc2ccccc2c1. The number of imide groups is 1. The molecule has 7 rings (SSSR count). The molecule has 1 saturated heterocycles. The van der Waals surface area contributed by atoms with E-state index in [9.17, 15) is 29.3 Å². The maximum Gasteiger partial charge on any atom is 0.305 e. The van der Waals surface area contributed by atoms with Gasteiger partial charge in [0.25, 0.3) is 11.6 Å². The van der Waals surface area contributed by atoms with Crippen LogP contribution in [0.25, 0.3) is 10.8 Å². The third-order valence-corrected chi connectivity index (χ3v) is 10.2. The molecule has 4 aromatic carbocycles. The summed E-state index contributed by atoms with van der Waals surface area (Å²) in [5.41, 5.74) is 1.44. The summed E-state index contributed by atoms with van der Waals surface area (Å²) in [5, 5.41) is 15.7. The Kier molecular flexibility index (Phi) is 7.18. The topological polar surface area (TPSA) is 152 Å². The molecule has 2 aliphatic rings. The molecule has 1 aromatic heterocycles. The number of aromatic nitrogens is 1. The van der Waals surface area contributed by atoms with Gasteiger partial charge in [0.05, 0.1) is 21.6 Å². The second-order valence-electron chi connectivity index (χ2n) is 10.5. The summed E-state index contributed by atoms with van der Waals surface area (Å²) in [4.78, 5) is 67.1. The number of hydrogen-bond donors (Lipinski definition) is 2. The van der Waals surface area contributed by atoms with Crippen molar-refractivity contribution >= 4 is 68.7 Å². The second kappa shape index (κ2) is 11.3. The van der Waals surface area contributed by atoms with Crippen molar-refractivity contribution in [1.82, 2.24) is 4.98 Å². The number of ether oxygens (including phenoxy) is 1. The molecule has 3 heterocycles. The molecule has 0 aliphatic carbocycles. The molecule has 0 saturated carbocycles. The van der Waals surface area contributed by atoms with Crippen molar-refractivity contribution in [2.75, 3.05) is 16.8 Å². The number of fused-ring (bicyclic) bond motifs is 3. The van der Waals surface area contributed by atoms with Gasteiger partial charge in [0.1, 0.15) is 11.0 Å². The van der Waals surface area contributed by atoms with Gasteiger partial charge in [-0.05, 0) is 52.7 Å². The first kappa shape index (κ1) is 28.5. The number of amides is 3. The van der Waals surface area contributed by atoms with E-state index in [-0.39, 0.29) is 28.8 Å². The van der Waals surface area contributed by atoms with Crippen LogP contribution in [0.4, 0.5) is 17.1 Å². The maximum atomic E-state index is 13.8. The highest BCUT2D eigenvalue weighted by atomic mass is 32.2. The fraction of sp³-hybridized carbons (Fsp3) is 0.125. The van der Waals surface area contributed by atoms with Crippen LogP contribution in [0.15, 0.2) is 101 Å². The Morgan fingerprint density at radius 2 is 1.67 bits per heavy atom. The minimum atomic E-state index is -0.809. The molecule has 0 bridgehead atoms. The summed E-state index contributed by atoms with van der Waals surface area (Å²) in [7, 11) is 0. The number of benzene rings is 4. The number of thiazole rings is 1. The van der Waals surface area contributed by atoms with Crippen LogP contribution >= 0.6 is 23.1 Å². The number of hydrogen-bond acceptors (Lipinski definition) is 9. The van der Waals surface area contributed by atoms with Gasteiger partial charge in [-0.1, -0.05) is 65.6 Å². The lowest BCUT2D eigenvalue weighted by Gasteiger charge is -2.29. The van der Waals surface area contributed by atoms with Gasteiger partial charge in [-0.25, -0.2) is 4.90 Å². The first-order chi connectivity index (χ1) is 21.8. The Hall–Kier alpha value is -5.27. The zero-order valence-corrected chi connectivity index (χ0v) is 24.8. The van der Waals surface area contributed by atoms with E-state index in [0.29, 0.717) is 26.9 Å². The fourth-order valence-corrected chi connectivity index (χ4v) is 8.25. The monoisotopic (exact) mass is 638 g/mol. The van der Waals surface area contributed by atoms with Gasteiger partial charge in [0.2, 0.25) is 11.8 Å². The van der Waals surface area contributed by atoms with Gasteiger partial charge >= 0.3 is 4.87 Å². The van der Waals surface area contributed by atoms with E-state index >= 15 is 0 Å². The highest BCUT2D eigenvalue weighted by Crippen LogP contribution is 2.53. The summed E-state index contributed by atoms with van der Waals surface area (Å²) in [6.07, 6.45) is 0. The van der Waals surface area contributed by atoms with Gasteiger partial charge in [-0.2, -0.15) is 0 Å². The van der Waals surface area contributed by atoms with Crippen molar-refractivity contribution < 1.29 is 24.0 Å². The number of nitro groups is 1. The number of aromatic amines is 1. The summed E-state index contributed by atoms with van der Waals surface area (Å²) in [6.45, 7) is -0.225. The Morgan fingerprint density at radius 3 is 2.40 bits per heavy atom. The predicted molar refractivity (Wildman–Crippen MR) is 170 cm³/mol. The highest BCUT2D eigenvalue weighted by Gasteiger charge is 2.56. The van der Waals surface area contributed by atoms with E-state index in [4.69, 9.17) is 4.74 Å². The van der Waals surface area contributed by atoms with Crippen LogP contribution in [-0.4, -0.2) is 39.5 Å². The molecule has 2 N–H and O–H groups in total. The van der Waals surface area contributed by atoms with Crippen molar-refractivity contribution in [2.24, 2.45) is 5.92 Å². The Balaban J connectivity index is 1.10. The summed E-state index contributed by atoms with van der Waals surface area (Å²) in [6, 6.07) is 25.6. The summed E-state index contributed by atoms with van der Waals surface area (Å²) < 4.78 is 5.72. The minimum Gasteiger partial charge on any atom is -0.484 e. The number of H-pyrrole nitrogens is 1. The van der Waals surface area contributed by atoms with Crippen molar-refractivity contribution in [3.05, 3.63) is 121 Å². The van der Waals surface area contributed by atoms with E-state index in [0.717, 1.165) is 38.8 Å². The molecule has 3 amide bonds. The molecule has 45 heavy (non-hydrogen) atoms. The molecule has 0 unspecified atom stereocenters. The van der Waals surface area contributed by atoms with E-state index in [1.54, 1.807) is 24.3 Å². The van der Waals surface area contributed by atoms with E-state index in [1.165, 1.54) is 24.3 Å². The lowest BCUT2D eigenvalue weighted by Crippen LogP contribution is -2.32. The van der Waals surface area contributed by atoms with Crippen molar-refractivity contribution in [3.8, 4) is 5.75 Å². The predicted octanol–water partition coefficient (Wildman–Crippen LogP) is 5.31. The van der Waals surface area contributed by atoms with Gasteiger partial charge in [0, 0.05) is 28.6 Å². The fourth-order valence-electron chi connectivity index (χ4n) is 5.74. The smallest absolute Gasteiger partial charge is 0.305 e. The quantitative estimate of drug-likeness (QED) is 0.138. The van der Waals surface area contributed by atoms with Crippen LogP contribution in [0.2, 0.25) is 0 Å². The Morgan fingerprint density at radius 1 is 0.933 bits per heavy atom. The number of carbonyl (C=O) groups is 3. The van der Waals surface area contributed by atoms with Crippen LogP contribution < -0.4 is 19.8 Å². The molecule has 3 atom stereocenters. The average molecular weight is 639 g/mol. The molecule has 5 aromatic rings. The van der Waals surface area contributed by atoms with E-state index in [2.05, 4.69) is 10.3 Å². The molecule has 2 aliphatic heterocycles. The lowest BCUT2D eigenvalue weighted by molar-refractivity contribution is -0.384. The Bertz CT molecular complexity index is 2060. The number of carbonyl (C=O) groups excluding carboxylic acids is 3. The zero-order chi connectivity index (χ0) is 31.2. The van der Waals surface area contributed by atoms with Crippen molar-refractivity contribution in [1.29, 1.82) is 0 Å². The van der Waals surface area contributed by atoms with Gasteiger partial charge in [0.15, 0.2) is 6.61 Å². The number of nitrogens with one attached hydrogen (secondary N) is 2. The van der Waals surface area contributed by atoms with Gasteiger partial charge in [-0.3, -0.25) is 29.3 Å².